The average molecular weight is 449 g/mol. The van der Waals surface area contributed by atoms with Gasteiger partial charge >= 0.3 is 0 Å². The van der Waals surface area contributed by atoms with Crippen LogP contribution in [-0.2, 0) is 0 Å². The first-order chi connectivity index (χ1) is 14.4. The number of carbonyl (C=O) groups excluding carboxylic acids is 2. The molecule has 0 spiro atoms. The summed E-state index contributed by atoms with van der Waals surface area (Å²) >= 11 is 5.49. The van der Waals surface area contributed by atoms with Gasteiger partial charge in [0.05, 0.1) is 6.61 Å². The van der Waals surface area contributed by atoms with Gasteiger partial charge in [0.15, 0.2) is 0 Å². The molecular formula is C26H37ClO4. The van der Waals surface area contributed by atoms with Crippen molar-refractivity contribution in [2.45, 2.75) is 54.4 Å². The van der Waals surface area contributed by atoms with Gasteiger partial charge in [0.1, 0.15) is 24.1 Å². The average Bonchev–Trinajstić information content (AvgIpc) is 2.67. The summed E-state index contributed by atoms with van der Waals surface area (Å²) in [6.07, 6.45) is 3.63. The molecule has 1 N–H and O–H groups in total. The van der Waals surface area contributed by atoms with E-state index in [1.54, 1.807) is 24.3 Å². The van der Waals surface area contributed by atoms with Crippen LogP contribution in [0.5, 0.6) is 11.5 Å². The number of hydrogen-bond donors (Lipinski definition) is 1. The van der Waals surface area contributed by atoms with Crippen LogP contribution >= 0.6 is 11.6 Å². The number of aldehydes is 2. The van der Waals surface area contributed by atoms with Gasteiger partial charge in [0.2, 0.25) is 0 Å². The van der Waals surface area contributed by atoms with Crippen molar-refractivity contribution in [1.29, 1.82) is 0 Å². The van der Waals surface area contributed by atoms with Crippen molar-refractivity contribution in [2.24, 2.45) is 10.8 Å². The lowest BCUT2D eigenvalue weighted by molar-refractivity contribution is 0.111. The Morgan fingerprint density at radius 3 is 1.74 bits per heavy atom. The van der Waals surface area contributed by atoms with Crippen LogP contribution in [-0.4, -0.2) is 30.2 Å². The minimum Gasteiger partial charge on any atom is -0.508 e. The zero-order chi connectivity index (χ0) is 23.9. The molecule has 0 aliphatic heterocycles. The van der Waals surface area contributed by atoms with Gasteiger partial charge in [0, 0.05) is 17.0 Å². The third kappa shape index (κ3) is 17.1. The van der Waals surface area contributed by atoms with E-state index in [0.29, 0.717) is 29.4 Å². The third-order valence-electron chi connectivity index (χ3n) is 3.97. The fraction of sp³-hybridized carbons (Fsp3) is 0.462. The maximum atomic E-state index is 10.5. The van der Waals surface area contributed by atoms with E-state index in [0.717, 1.165) is 30.8 Å². The summed E-state index contributed by atoms with van der Waals surface area (Å²) < 4.78 is 5.57. The van der Waals surface area contributed by atoms with Crippen molar-refractivity contribution in [3.63, 3.8) is 0 Å². The quantitative estimate of drug-likeness (QED) is 0.375. The van der Waals surface area contributed by atoms with Crippen molar-refractivity contribution >= 4 is 24.2 Å². The smallest absolute Gasteiger partial charge is 0.150 e. The molecule has 0 radical (unpaired) electrons. The second kappa shape index (κ2) is 14.6. The molecule has 0 amide bonds. The van der Waals surface area contributed by atoms with Gasteiger partial charge in [-0.25, -0.2) is 0 Å². The van der Waals surface area contributed by atoms with Crippen molar-refractivity contribution in [1.82, 2.24) is 0 Å². The molecule has 5 heteroatoms. The fourth-order valence-corrected chi connectivity index (χ4v) is 2.60. The second-order valence-electron chi connectivity index (χ2n) is 9.56. The molecular weight excluding hydrogens is 412 g/mol. The van der Waals surface area contributed by atoms with Gasteiger partial charge in [-0.05, 0) is 47.9 Å². The number of benzene rings is 2. The molecule has 0 saturated carbocycles. The predicted molar refractivity (Wildman–Crippen MR) is 130 cm³/mol. The van der Waals surface area contributed by atoms with Crippen molar-refractivity contribution < 1.29 is 19.4 Å². The summed E-state index contributed by atoms with van der Waals surface area (Å²) in [6.45, 7) is 13.8. The summed E-state index contributed by atoms with van der Waals surface area (Å²) in [5.41, 5.74) is 1.85. The molecule has 0 unspecified atom stereocenters. The van der Waals surface area contributed by atoms with E-state index in [2.05, 4.69) is 41.5 Å². The van der Waals surface area contributed by atoms with Gasteiger partial charge < -0.3 is 9.84 Å². The fourth-order valence-electron chi connectivity index (χ4n) is 2.03. The van der Waals surface area contributed by atoms with Crippen LogP contribution in [0.25, 0.3) is 0 Å². The largest absolute Gasteiger partial charge is 0.508 e. The lowest BCUT2D eigenvalue weighted by atomic mass is 9.93. The van der Waals surface area contributed by atoms with Gasteiger partial charge in [-0.15, -0.1) is 11.6 Å². The highest BCUT2D eigenvalue weighted by Gasteiger charge is 2.09. The molecule has 2 rings (SSSR count). The number of alkyl halides is 1. The van der Waals surface area contributed by atoms with Crippen molar-refractivity contribution in [3.8, 4) is 11.5 Å². The Kier molecular flexibility index (Phi) is 13.5. The van der Waals surface area contributed by atoms with Gasteiger partial charge in [0.25, 0.3) is 0 Å². The number of phenols is 1. The Morgan fingerprint density at radius 1 is 0.839 bits per heavy atom. The molecule has 0 aliphatic carbocycles. The van der Waals surface area contributed by atoms with Crippen LogP contribution in [0.2, 0.25) is 0 Å². The monoisotopic (exact) mass is 448 g/mol. The molecule has 0 fully saturated rings. The zero-order valence-electron chi connectivity index (χ0n) is 19.7. The number of ether oxygens (including phenoxy) is 1. The van der Waals surface area contributed by atoms with Crippen LogP contribution in [0.4, 0.5) is 0 Å². The topological polar surface area (TPSA) is 63.6 Å². The van der Waals surface area contributed by atoms with Gasteiger partial charge in [-0.2, -0.15) is 0 Å². The van der Waals surface area contributed by atoms with Gasteiger partial charge in [-0.3, -0.25) is 9.59 Å². The second-order valence-corrected chi connectivity index (χ2v) is 9.94. The number of phenolic OH excluding ortho intramolecular Hbond substituents is 1. The van der Waals surface area contributed by atoms with Crippen LogP contribution in [0.3, 0.4) is 0 Å². The minimum absolute atomic E-state index is 0.125. The lowest BCUT2D eigenvalue weighted by Gasteiger charge is -2.18. The van der Waals surface area contributed by atoms with E-state index in [-0.39, 0.29) is 11.2 Å². The Hall–Kier alpha value is -2.33. The molecule has 172 valence electrons. The van der Waals surface area contributed by atoms with E-state index in [1.807, 2.05) is 12.1 Å². The van der Waals surface area contributed by atoms with E-state index in [1.165, 1.54) is 12.1 Å². The maximum Gasteiger partial charge on any atom is 0.150 e. The lowest BCUT2D eigenvalue weighted by Crippen LogP contribution is -2.11. The highest BCUT2D eigenvalue weighted by Crippen LogP contribution is 2.20. The third-order valence-corrected chi connectivity index (χ3v) is 4.15. The Balaban J connectivity index is 0.000000479. The summed E-state index contributed by atoms with van der Waals surface area (Å²) in [5, 5.41) is 8.79. The molecule has 4 nitrogen and oxygen atoms in total. The minimum atomic E-state index is 0.125. The van der Waals surface area contributed by atoms with Crippen LogP contribution in [0.15, 0.2) is 48.5 Å². The Bertz CT molecular complexity index is 773. The van der Waals surface area contributed by atoms with Crippen LogP contribution in [0.1, 0.15) is 75.1 Å². The number of aromatic hydroxyl groups is 1. The summed E-state index contributed by atoms with van der Waals surface area (Å²) in [5.74, 6) is 1.67. The summed E-state index contributed by atoms with van der Waals surface area (Å²) in [7, 11) is 0. The SMILES string of the molecule is CC(C)(C)CCCl.CC(C)(C)CCOc1cccc(C=O)c1.O=Cc1cccc(O)c1. The summed E-state index contributed by atoms with van der Waals surface area (Å²) in [6, 6.07) is 13.4. The van der Waals surface area contributed by atoms with E-state index < -0.39 is 0 Å². The van der Waals surface area contributed by atoms with Crippen molar-refractivity contribution in [2.75, 3.05) is 12.5 Å². The number of carbonyl (C=O) groups is 2. The molecule has 0 atom stereocenters. The predicted octanol–water partition coefficient (Wildman–Crippen LogP) is 7.18. The summed E-state index contributed by atoms with van der Waals surface area (Å²) in [4.78, 5) is 20.6. The molecule has 31 heavy (non-hydrogen) atoms. The maximum absolute atomic E-state index is 10.5. The van der Waals surface area contributed by atoms with Gasteiger partial charge in [-0.1, -0.05) is 65.8 Å². The number of rotatable bonds is 6. The molecule has 2 aromatic rings. The normalized spacial score (nSPS) is 10.7. The Labute approximate surface area is 192 Å². The van der Waals surface area contributed by atoms with E-state index >= 15 is 0 Å². The molecule has 0 heterocycles. The molecule has 0 aliphatic rings. The Morgan fingerprint density at radius 2 is 1.35 bits per heavy atom. The van der Waals surface area contributed by atoms with E-state index in [9.17, 15) is 9.59 Å². The van der Waals surface area contributed by atoms with Crippen LogP contribution < -0.4 is 4.74 Å². The first-order valence-corrected chi connectivity index (χ1v) is 10.9. The van der Waals surface area contributed by atoms with Crippen LogP contribution in [0, 0.1) is 10.8 Å². The molecule has 0 saturated heterocycles. The molecule has 0 bridgehead atoms. The first-order valence-electron chi connectivity index (χ1n) is 10.4. The van der Waals surface area contributed by atoms with Crippen molar-refractivity contribution in [3.05, 3.63) is 59.7 Å². The molecule has 0 aromatic heterocycles. The standard InChI is InChI=1S/C13H18O2.C7H6O2.C6H13Cl/c1-13(2,3)7-8-15-12-6-4-5-11(9-12)10-14;8-5-6-2-1-3-7(9)4-6;1-6(2,3)4-5-7/h4-6,9-10H,7-8H2,1-3H3;1-5,9H;4-5H2,1-3H3. The highest BCUT2D eigenvalue weighted by molar-refractivity contribution is 6.17. The van der Waals surface area contributed by atoms with E-state index in [4.69, 9.17) is 21.4 Å². The number of hydrogen-bond acceptors (Lipinski definition) is 4. The first kappa shape index (κ1) is 28.7. The molecule has 2 aromatic carbocycles. The number of halogens is 1. The zero-order valence-corrected chi connectivity index (χ0v) is 20.4. The highest BCUT2D eigenvalue weighted by atomic mass is 35.5.